The van der Waals surface area contributed by atoms with Crippen LogP contribution < -0.4 is 0 Å². The molecule has 0 spiro atoms. The van der Waals surface area contributed by atoms with Gasteiger partial charge in [0.25, 0.3) is 0 Å². The van der Waals surface area contributed by atoms with Gasteiger partial charge in [-0.3, -0.25) is 9.97 Å². The number of hydrogen-bond donors (Lipinski definition) is 0. The second-order valence-corrected chi connectivity index (χ2v) is 6.73. The molecule has 4 heteroatoms. The molecule has 1 fully saturated rings. The van der Waals surface area contributed by atoms with E-state index in [1.54, 1.807) is 19.3 Å². The minimum atomic E-state index is 0. The summed E-state index contributed by atoms with van der Waals surface area (Å²) < 4.78 is 0. The minimum Gasteiger partial charge on any atom is -0.412 e. The Kier molecular flexibility index (Phi) is 14.6. The van der Waals surface area contributed by atoms with Crippen molar-refractivity contribution in [1.29, 1.82) is 0 Å². The molecular formula is C22H35N2ORh-. The largest absolute Gasteiger partial charge is 0.412 e. The van der Waals surface area contributed by atoms with Gasteiger partial charge in [-0.2, -0.15) is 6.92 Å². The summed E-state index contributed by atoms with van der Waals surface area (Å²) in [5, 5.41) is 0. The third kappa shape index (κ3) is 7.25. The Balaban J connectivity index is 0. The van der Waals surface area contributed by atoms with Crippen LogP contribution in [0.25, 0.3) is 11.4 Å². The molecule has 3 nitrogen and oxygen atoms in total. The predicted octanol–water partition coefficient (Wildman–Crippen LogP) is 5.34. The molecule has 1 aliphatic carbocycles. The first kappa shape index (κ1) is 27.1. The number of hydrogen-bond acceptors (Lipinski definition) is 2. The summed E-state index contributed by atoms with van der Waals surface area (Å²) in [7, 11) is 0. The first-order valence-corrected chi connectivity index (χ1v) is 9.05. The molecule has 149 valence electrons. The van der Waals surface area contributed by atoms with Crippen molar-refractivity contribution in [3.8, 4) is 11.4 Å². The zero-order valence-electron chi connectivity index (χ0n) is 16.9. The topological polar surface area (TPSA) is 57.3 Å². The standard InChI is InChI=1S/C10H8N2.C10H20.C2H5.H2O.Rh/c1-3-7-11-9(5-1)10-6-2-4-8-12-10;1-6-7(2)9(4)10(5)8(6)3;1-2;;/h1-8H;6-10H,1-5H3;1H2,2H3;1H2;/q;;-1;;. The third-order valence-corrected chi connectivity index (χ3v) is 5.74. The van der Waals surface area contributed by atoms with E-state index in [1.165, 1.54) is 0 Å². The molecule has 0 atom stereocenters. The molecule has 2 N–H and O–H groups in total. The molecule has 2 heterocycles. The van der Waals surface area contributed by atoms with E-state index in [2.05, 4.69) is 51.5 Å². The van der Waals surface area contributed by atoms with E-state index in [1.807, 2.05) is 36.4 Å². The normalized spacial score (nSPS) is 26.0. The van der Waals surface area contributed by atoms with Crippen molar-refractivity contribution in [2.75, 3.05) is 0 Å². The smallest absolute Gasteiger partial charge is 0.0886 e. The number of aromatic nitrogens is 2. The quantitative estimate of drug-likeness (QED) is 0.439. The zero-order chi connectivity index (χ0) is 18.1. The van der Waals surface area contributed by atoms with Gasteiger partial charge in [0.15, 0.2) is 0 Å². The monoisotopic (exact) mass is 446 g/mol. The average Bonchev–Trinajstić information content (AvgIpc) is 2.83. The van der Waals surface area contributed by atoms with E-state index in [9.17, 15) is 0 Å². The predicted molar refractivity (Wildman–Crippen MR) is 108 cm³/mol. The fourth-order valence-corrected chi connectivity index (χ4v) is 3.42. The van der Waals surface area contributed by atoms with Crippen LogP contribution in [0.1, 0.15) is 41.5 Å². The van der Waals surface area contributed by atoms with Crippen LogP contribution in [0.15, 0.2) is 48.8 Å². The maximum atomic E-state index is 4.19. The van der Waals surface area contributed by atoms with Crippen molar-refractivity contribution < 1.29 is 25.0 Å². The SMILES string of the molecule is CC1C(C)C(C)C(C)C1C.O.[CH2-]C.[Rh].c1ccc(-c2ccccn2)nc1. The molecule has 0 amide bonds. The first-order chi connectivity index (χ1) is 11.5. The van der Waals surface area contributed by atoms with E-state index in [-0.39, 0.29) is 25.0 Å². The molecule has 1 aliphatic rings. The second kappa shape index (κ2) is 14.0. The van der Waals surface area contributed by atoms with Crippen molar-refractivity contribution in [2.45, 2.75) is 41.5 Å². The number of nitrogens with zero attached hydrogens (tertiary/aromatic N) is 2. The van der Waals surface area contributed by atoms with Crippen LogP contribution in [-0.4, -0.2) is 15.4 Å². The Morgan fingerprint density at radius 2 is 0.885 bits per heavy atom. The van der Waals surface area contributed by atoms with Crippen LogP contribution in [0.2, 0.25) is 0 Å². The fourth-order valence-electron chi connectivity index (χ4n) is 3.42. The Hall–Kier alpha value is -1.12. The summed E-state index contributed by atoms with van der Waals surface area (Å²) in [6, 6.07) is 11.6. The molecule has 0 bridgehead atoms. The van der Waals surface area contributed by atoms with E-state index >= 15 is 0 Å². The molecule has 0 aromatic carbocycles. The van der Waals surface area contributed by atoms with Crippen LogP contribution in [0.4, 0.5) is 0 Å². The minimum absolute atomic E-state index is 0. The molecular weight excluding hydrogens is 411 g/mol. The summed E-state index contributed by atoms with van der Waals surface area (Å²) in [6.45, 7) is 17.0. The van der Waals surface area contributed by atoms with Crippen LogP contribution in [0.5, 0.6) is 0 Å². The van der Waals surface area contributed by atoms with Gasteiger partial charge in [0.1, 0.15) is 0 Å². The zero-order valence-corrected chi connectivity index (χ0v) is 18.6. The van der Waals surface area contributed by atoms with Crippen LogP contribution in [-0.2, 0) is 19.5 Å². The Morgan fingerprint density at radius 1 is 0.615 bits per heavy atom. The first-order valence-electron chi connectivity index (χ1n) is 9.05. The van der Waals surface area contributed by atoms with E-state index < -0.39 is 0 Å². The van der Waals surface area contributed by atoms with E-state index in [0.29, 0.717) is 0 Å². The van der Waals surface area contributed by atoms with E-state index in [0.717, 1.165) is 41.0 Å². The van der Waals surface area contributed by atoms with Gasteiger partial charge >= 0.3 is 0 Å². The Labute approximate surface area is 173 Å². The number of pyridine rings is 2. The Morgan fingerprint density at radius 3 is 1.08 bits per heavy atom. The van der Waals surface area contributed by atoms with Crippen molar-refractivity contribution in [2.24, 2.45) is 29.6 Å². The van der Waals surface area contributed by atoms with Crippen molar-refractivity contribution in [1.82, 2.24) is 9.97 Å². The molecule has 26 heavy (non-hydrogen) atoms. The molecule has 1 saturated carbocycles. The second-order valence-electron chi connectivity index (χ2n) is 6.73. The van der Waals surface area contributed by atoms with Crippen molar-refractivity contribution in [3.05, 3.63) is 55.7 Å². The van der Waals surface area contributed by atoms with Crippen LogP contribution in [0.3, 0.4) is 0 Å². The molecule has 2 aromatic heterocycles. The summed E-state index contributed by atoms with van der Waals surface area (Å²) in [4.78, 5) is 8.37. The van der Waals surface area contributed by atoms with Gasteiger partial charge in [0.05, 0.1) is 11.4 Å². The molecule has 1 radical (unpaired) electrons. The van der Waals surface area contributed by atoms with Gasteiger partial charge < -0.3 is 12.4 Å². The van der Waals surface area contributed by atoms with Crippen molar-refractivity contribution >= 4 is 0 Å². The molecule has 2 aromatic rings. The summed E-state index contributed by atoms with van der Waals surface area (Å²) >= 11 is 0. The van der Waals surface area contributed by atoms with Crippen LogP contribution in [0, 0.1) is 36.5 Å². The molecule has 0 aliphatic heterocycles. The van der Waals surface area contributed by atoms with Gasteiger partial charge in [0.2, 0.25) is 0 Å². The maximum Gasteiger partial charge on any atom is 0.0886 e. The summed E-state index contributed by atoms with van der Waals surface area (Å²) in [5.74, 6) is 4.68. The van der Waals surface area contributed by atoms with Gasteiger partial charge in [-0.05, 0) is 53.9 Å². The molecule has 0 unspecified atom stereocenters. The molecule has 3 rings (SSSR count). The fraction of sp³-hybridized carbons (Fsp3) is 0.500. The van der Waals surface area contributed by atoms with E-state index in [4.69, 9.17) is 0 Å². The summed E-state index contributed by atoms with van der Waals surface area (Å²) in [6.07, 6.45) is 3.54. The van der Waals surface area contributed by atoms with Gasteiger partial charge in [-0.1, -0.05) is 46.8 Å². The average molecular weight is 446 g/mol. The Bertz CT molecular complexity index is 483. The maximum absolute atomic E-state index is 4.19. The van der Waals surface area contributed by atoms with Crippen LogP contribution >= 0.6 is 0 Å². The van der Waals surface area contributed by atoms with Gasteiger partial charge in [-0.25, -0.2) is 0 Å². The third-order valence-electron chi connectivity index (χ3n) is 5.74. The van der Waals surface area contributed by atoms with Gasteiger partial charge in [0, 0.05) is 31.9 Å². The summed E-state index contributed by atoms with van der Waals surface area (Å²) in [5.41, 5.74) is 1.83. The van der Waals surface area contributed by atoms with Gasteiger partial charge in [-0.15, -0.1) is 0 Å². The van der Waals surface area contributed by atoms with Crippen molar-refractivity contribution in [3.63, 3.8) is 0 Å². The number of rotatable bonds is 1. The molecule has 0 saturated heterocycles.